The van der Waals surface area contributed by atoms with Gasteiger partial charge >= 0.3 is 5.97 Å². The summed E-state index contributed by atoms with van der Waals surface area (Å²) in [6.07, 6.45) is 37.0. The van der Waals surface area contributed by atoms with Gasteiger partial charge in [-0.25, -0.2) is 0 Å². The van der Waals surface area contributed by atoms with Gasteiger partial charge in [-0.05, 0) is 92.3 Å². The number of carbonyl (C=O) groups excluding carboxylic acids is 1. The Balaban J connectivity index is 1.18. The second kappa shape index (κ2) is 17.1. The second-order valence-corrected chi connectivity index (χ2v) is 15.9. The van der Waals surface area contributed by atoms with Crippen molar-refractivity contribution in [2.24, 2.45) is 34.5 Å². The summed E-state index contributed by atoms with van der Waals surface area (Å²) >= 11 is 0. The molecular formula is C40H70O2. The molecule has 0 N–H and O–H groups in total. The number of carbonyl (C=O) groups is 1. The van der Waals surface area contributed by atoms with Crippen LogP contribution in [0.25, 0.3) is 0 Å². The van der Waals surface area contributed by atoms with E-state index < -0.39 is 0 Å². The Morgan fingerprint density at radius 1 is 0.738 bits per heavy atom. The largest absolute Gasteiger partial charge is 0.462 e. The molecule has 2 nitrogen and oxygen atoms in total. The van der Waals surface area contributed by atoms with E-state index in [1.54, 1.807) is 5.57 Å². The molecule has 4 aliphatic rings. The van der Waals surface area contributed by atoms with Crippen LogP contribution in [0.2, 0.25) is 0 Å². The van der Waals surface area contributed by atoms with Gasteiger partial charge in [-0.15, -0.1) is 0 Å². The zero-order valence-electron chi connectivity index (χ0n) is 28.7. The molecule has 0 amide bonds. The molecule has 3 saturated carbocycles. The van der Waals surface area contributed by atoms with Crippen molar-refractivity contribution in [2.75, 3.05) is 0 Å². The summed E-state index contributed by atoms with van der Waals surface area (Å²) in [5.74, 6) is 3.72. The molecule has 0 bridgehead atoms. The summed E-state index contributed by atoms with van der Waals surface area (Å²) in [4.78, 5) is 12.7. The number of hydrogen-bond acceptors (Lipinski definition) is 2. The highest BCUT2D eigenvalue weighted by Crippen LogP contribution is 2.66. The molecular weight excluding hydrogens is 512 g/mol. The molecule has 0 heterocycles. The van der Waals surface area contributed by atoms with Gasteiger partial charge < -0.3 is 4.74 Å². The predicted molar refractivity (Wildman–Crippen MR) is 180 cm³/mol. The third-order valence-corrected chi connectivity index (χ3v) is 13.2. The van der Waals surface area contributed by atoms with Crippen molar-refractivity contribution < 1.29 is 9.53 Å². The topological polar surface area (TPSA) is 26.3 Å². The van der Waals surface area contributed by atoms with E-state index in [1.807, 2.05) is 0 Å². The van der Waals surface area contributed by atoms with E-state index in [-0.39, 0.29) is 12.1 Å². The lowest BCUT2D eigenvalue weighted by Crippen LogP contribution is -2.50. The SMILES string of the molecule is CCCCCCCCCCCCC(=O)O[C@H]1CC[C@@]2(C)C(=CC[C@H]3[C@H]4CC[C@H](CCCCCCCC)[C@@]4(C)CC[C@H]32)C1. The fourth-order valence-electron chi connectivity index (χ4n) is 10.5. The minimum absolute atomic E-state index is 0.0632. The maximum Gasteiger partial charge on any atom is 0.306 e. The van der Waals surface area contributed by atoms with Crippen LogP contribution in [0.5, 0.6) is 0 Å². The Hall–Kier alpha value is -0.790. The summed E-state index contributed by atoms with van der Waals surface area (Å²) in [6.45, 7) is 9.91. The predicted octanol–water partition coefficient (Wildman–Crippen LogP) is 12.5. The average molecular weight is 583 g/mol. The molecule has 0 saturated heterocycles. The zero-order valence-corrected chi connectivity index (χ0v) is 28.7. The lowest BCUT2D eigenvalue weighted by atomic mass is 9.47. The van der Waals surface area contributed by atoms with E-state index in [4.69, 9.17) is 4.74 Å². The van der Waals surface area contributed by atoms with Gasteiger partial charge in [0.25, 0.3) is 0 Å². The first-order valence-electron chi connectivity index (χ1n) is 19.3. The number of fused-ring (bicyclic) bond motifs is 5. The Bertz CT molecular complexity index is 829. The molecule has 3 fully saturated rings. The van der Waals surface area contributed by atoms with Crippen LogP contribution in [0.3, 0.4) is 0 Å². The van der Waals surface area contributed by atoms with E-state index >= 15 is 0 Å². The van der Waals surface area contributed by atoms with E-state index in [1.165, 1.54) is 141 Å². The maximum atomic E-state index is 12.7. The van der Waals surface area contributed by atoms with Gasteiger partial charge in [-0.1, -0.05) is 136 Å². The molecule has 0 aromatic heterocycles. The summed E-state index contributed by atoms with van der Waals surface area (Å²) < 4.78 is 6.09. The lowest BCUT2D eigenvalue weighted by molar-refractivity contribution is -0.151. The van der Waals surface area contributed by atoms with Crippen LogP contribution in [-0.4, -0.2) is 12.1 Å². The Kier molecular flexibility index (Phi) is 13.8. The van der Waals surface area contributed by atoms with Gasteiger partial charge in [0.1, 0.15) is 6.10 Å². The summed E-state index contributed by atoms with van der Waals surface area (Å²) in [5.41, 5.74) is 2.59. The van der Waals surface area contributed by atoms with Crippen molar-refractivity contribution in [2.45, 2.75) is 201 Å². The Morgan fingerprint density at radius 2 is 1.36 bits per heavy atom. The minimum atomic E-state index is 0.0632. The van der Waals surface area contributed by atoms with E-state index in [0.717, 1.165) is 42.9 Å². The van der Waals surface area contributed by atoms with Crippen molar-refractivity contribution >= 4 is 5.97 Å². The fourth-order valence-corrected chi connectivity index (χ4v) is 10.5. The monoisotopic (exact) mass is 583 g/mol. The van der Waals surface area contributed by atoms with Crippen LogP contribution in [0.1, 0.15) is 195 Å². The number of hydrogen-bond donors (Lipinski definition) is 0. The molecule has 0 spiro atoms. The lowest BCUT2D eigenvalue weighted by Gasteiger charge is -2.58. The summed E-state index contributed by atoms with van der Waals surface area (Å²) in [6, 6.07) is 0. The highest BCUT2D eigenvalue weighted by molar-refractivity contribution is 5.69. The molecule has 0 radical (unpaired) electrons. The number of allylic oxidation sites excluding steroid dienone is 1. The molecule has 2 heteroatoms. The number of rotatable bonds is 19. The average Bonchev–Trinajstić information content (AvgIpc) is 3.32. The van der Waals surface area contributed by atoms with Crippen molar-refractivity contribution in [3.05, 3.63) is 11.6 Å². The third-order valence-electron chi connectivity index (χ3n) is 13.2. The molecule has 0 unspecified atom stereocenters. The van der Waals surface area contributed by atoms with Crippen LogP contribution in [0, 0.1) is 34.5 Å². The van der Waals surface area contributed by atoms with Crippen molar-refractivity contribution in [3.63, 3.8) is 0 Å². The highest BCUT2D eigenvalue weighted by Gasteiger charge is 2.58. The first-order valence-corrected chi connectivity index (χ1v) is 19.3. The van der Waals surface area contributed by atoms with Crippen molar-refractivity contribution in [1.82, 2.24) is 0 Å². The van der Waals surface area contributed by atoms with Crippen LogP contribution in [0.4, 0.5) is 0 Å². The van der Waals surface area contributed by atoms with Crippen molar-refractivity contribution in [3.8, 4) is 0 Å². The van der Waals surface area contributed by atoms with Crippen LogP contribution < -0.4 is 0 Å². The van der Waals surface area contributed by atoms with Gasteiger partial charge in [0.05, 0.1) is 0 Å². The smallest absolute Gasteiger partial charge is 0.306 e. The quantitative estimate of drug-likeness (QED) is 0.0860. The van der Waals surface area contributed by atoms with Crippen molar-refractivity contribution in [1.29, 1.82) is 0 Å². The van der Waals surface area contributed by atoms with Gasteiger partial charge in [-0.3, -0.25) is 4.79 Å². The molecule has 0 aliphatic heterocycles. The number of unbranched alkanes of at least 4 members (excludes halogenated alkanes) is 14. The molecule has 0 aromatic rings. The number of esters is 1. The fraction of sp³-hybridized carbons (Fsp3) is 0.925. The molecule has 7 atom stereocenters. The van der Waals surface area contributed by atoms with Crippen LogP contribution in [0.15, 0.2) is 11.6 Å². The third kappa shape index (κ3) is 8.68. The first kappa shape index (κ1) is 34.1. The van der Waals surface area contributed by atoms with Crippen LogP contribution >= 0.6 is 0 Å². The van der Waals surface area contributed by atoms with Gasteiger partial charge in [0, 0.05) is 12.8 Å². The molecule has 4 aliphatic carbocycles. The van der Waals surface area contributed by atoms with Gasteiger partial charge in [0.2, 0.25) is 0 Å². The molecule has 4 rings (SSSR count). The van der Waals surface area contributed by atoms with Gasteiger partial charge in [-0.2, -0.15) is 0 Å². The standard InChI is InChI=1S/C40H70O2/c1-5-7-9-11-13-14-15-16-18-20-22-38(41)42-34-27-29-40(4)33(31-34)23-25-35-36-26-24-32(21-19-17-12-10-8-6-2)39(36,3)30-28-37(35)40/h23,32,34-37H,5-22,24-31H2,1-4H3/t32-,34-,35-,36+,37+,39+,40-/m0/s1. The molecule has 242 valence electrons. The van der Waals surface area contributed by atoms with E-state index in [9.17, 15) is 4.79 Å². The first-order chi connectivity index (χ1) is 20.4. The highest BCUT2D eigenvalue weighted by atomic mass is 16.5. The summed E-state index contributed by atoms with van der Waals surface area (Å²) in [5, 5.41) is 0. The normalized spacial score (nSPS) is 33.9. The van der Waals surface area contributed by atoms with E-state index in [2.05, 4.69) is 33.8 Å². The zero-order chi connectivity index (χ0) is 29.8. The number of ether oxygens (including phenoxy) is 1. The Morgan fingerprint density at radius 3 is 2.02 bits per heavy atom. The maximum absolute atomic E-state index is 12.7. The van der Waals surface area contributed by atoms with E-state index in [0.29, 0.717) is 17.3 Å². The van der Waals surface area contributed by atoms with Crippen LogP contribution in [-0.2, 0) is 9.53 Å². The molecule has 0 aromatic carbocycles. The van der Waals surface area contributed by atoms with Gasteiger partial charge in [0.15, 0.2) is 0 Å². The minimum Gasteiger partial charge on any atom is -0.462 e. The second-order valence-electron chi connectivity index (χ2n) is 15.9. The Labute approximate surface area is 262 Å². The summed E-state index contributed by atoms with van der Waals surface area (Å²) in [7, 11) is 0. The molecule has 42 heavy (non-hydrogen) atoms.